The topological polar surface area (TPSA) is 0 Å². The van der Waals surface area contributed by atoms with E-state index in [2.05, 4.69) is 63.0 Å². The third-order valence-corrected chi connectivity index (χ3v) is 3.99. The van der Waals surface area contributed by atoms with E-state index in [1.807, 2.05) is 0 Å². The predicted octanol–water partition coefficient (Wildman–Crippen LogP) is 5.51. The van der Waals surface area contributed by atoms with Crippen molar-refractivity contribution >= 4 is 31.9 Å². The zero-order valence-corrected chi connectivity index (χ0v) is 12.4. The fraction of sp³-hybridized carbons (Fsp3) is 0.538. The first-order valence-corrected chi connectivity index (χ1v) is 7.50. The molecule has 0 bridgehead atoms. The summed E-state index contributed by atoms with van der Waals surface area (Å²) in [5, 5.41) is 1.07. The summed E-state index contributed by atoms with van der Waals surface area (Å²) in [5.41, 5.74) is 1.45. The Labute approximate surface area is 110 Å². The van der Waals surface area contributed by atoms with Crippen LogP contribution in [0.5, 0.6) is 0 Å². The highest BCUT2D eigenvalue weighted by Crippen LogP contribution is 2.25. The second-order valence-electron chi connectivity index (χ2n) is 3.90. The lowest BCUT2D eigenvalue weighted by Gasteiger charge is -2.14. The molecule has 84 valence electrons. The Hall–Kier alpha value is 0.180. The molecule has 1 aromatic rings. The largest absolute Gasteiger partial charge is 0.0921 e. The van der Waals surface area contributed by atoms with Gasteiger partial charge in [-0.2, -0.15) is 0 Å². The Kier molecular flexibility index (Phi) is 6.58. The predicted molar refractivity (Wildman–Crippen MR) is 74.8 cm³/mol. The maximum Gasteiger partial charge on any atom is 0.0175 e. The zero-order chi connectivity index (χ0) is 11.1. The summed E-state index contributed by atoms with van der Waals surface area (Å²) in [6, 6.07) is 8.71. The molecule has 1 aromatic carbocycles. The summed E-state index contributed by atoms with van der Waals surface area (Å²) in [6.07, 6.45) is 5.28. The van der Waals surface area contributed by atoms with Crippen LogP contribution in [0.25, 0.3) is 0 Å². The van der Waals surface area contributed by atoms with Crippen LogP contribution in [0.2, 0.25) is 0 Å². The SMILES string of the molecule is CCCCCC(CBr)c1ccc(Br)cc1. The number of halogens is 2. The monoisotopic (exact) mass is 332 g/mol. The van der Waals surface area contributed by atoms with E-state index in [1.165, 1.54) is 31.2 Å². The number of hydrogen-bond acceptors (Lipinski definition) is 0. The first-order valence-electron chi connectivity index (χ1n) is 5.59. The van der Waals surface area contributed by atoms with Crippen LogP contribution in [-0.4, -0.2) is 5.33 Å². The molecule has 0 nitrogen and oxygen atoms in total. The molecule has 0 spiro atoms. The Bertz CT molecular complexity index is 266. The van der Waals surface area contributed by atoms with E-state index in [0.717, 1.165) is 9.80 Å². The van der Waals surface area contributed by atoms with Gasteiger partial charge in [0.2, 0.25) is 0 Å². The van der Waals surface area contributed by atoms with Gasteiger partial charge in [0.15, 0.2) is 0 Å². The molecule has 2 heteroatoms. The van der Waals surface area contributed by atoms with Crippen LogP contribution in [0.15, 0.2) is 28.7 Å². The van der Waals surface area contributed by atoms with Crippen LogP contribution >= 0.6 is 31.9 Å². The standard InChI is InChI=1S/C13H18Br2/c1-2-3-4-5-12(10-14)11-6-8-13(15)9-7-11/h6-9,12H,2-5,10H2,1H3. The third kappa shape index (κ3) is 4.69. The van der Waals surface area contributed by atoms with E-state index >= 15 is 0 Å². The highest BCUT2D eigenvalue weighted by Gasteiger charge is 2.09. The molecule has 0 heterocycles. The zero-order valence-electron chi connectivity index (χ0n) is 9.18. The lowest BCUT2D eigenvalue weighted by Crippen LogP contribution is -2.00. The van der Waals surface area contributed by atoms with Crippen molar-refractivity contribution in [2.75, 3.05) is 5.33 Å². The molecule has 0 saturated carbocycles. The molecule has 1 unspecified atom stereocenters. The minimum Gasteiger partial charge on any atom is -0.0921 e. The molecule has 1 atom stereocenters. The number of rotatable bonds is 6. The number of unbranched alkanes of at least 4 members (excludes halogenated alkanes) is 2. The molecule has 0 saturated heterocycles. The van der Waals surface area contributed by atoms with Crippen molar-refractivity contribution < 1.29 is 0 Å². The lowest BCUT2D eigenvalue weighted by atomic mass is 9.95. The minimum atomic E-state index is 0.671. The van der Waals surface area contributed by atoms with Crippen LogP contribution in [0.4, 0.5) is 0 Å². The quantitative estimate of drug-likeness (QED) is 0.475. The summed E-state index contributed by atoms with van der Waals surface area (Å²) >= 11 is 7.08. The smallest absolute Gasteiger partial charge is 0.0175 e. The van der Waals surface area contributed by atoms with E-state index in [1.54, 1.807) is 0 Å². The minimum absolute atomic E-state index is 0.671. The van der Waals surface area contributed by atoms with Gasteiger partial charge >= 0.3 is 0 Å². The second kappa shape index (κ2) is 7.45. The van der Waals surface area contributed by atoms with Crippen molar-refractivity contribution in [1.29, 1.82) is 0 Å². The highest BCUT2D eigenvalue weighted by molar-refractivity contribution is 9.10. The molecule has 0 amide bonds. The first-order chi connectivity index (χ1) is 7.27. The van der Waals surface area contributed by atoms with Crippen LogP contribution in [-0.2, 0) is 0 Å². The number of alkyl halides is 1. The van der Waals surface area contributed by atoms with Crippen molar-refractivity contribution in [1.82, 2.24) is 0 Å². The molecule has 0 aliphatic rings. The van der Waals surface area contributed by atoms with E-state index in [4.69, 9.17) is 0 Å². The van der Waals surface area contributed by atoms with E-state index in [0.29, 0.717) is 5.92 Å². The van der Waals surface area contributed by atoms with Crippen molar-refractivity contribution in [3.05, 3.63) is 34.3 Å². The molecular weight excluding hydrogens is 316 g/mol. The number of benzene rings is 1. The third-order valence-electron chi connectivity index (χ3n) is 2.68. The fourth-order valence-corrected chi connectivity index (χ4v) is 2.67. The summed E-state index contributed by atoms with van der Waals surface area (Å²) in [6.45, 7) is 2.25. The molecule has 0 aromatic heterocycles. The van der Waals surface area contributed by atoms with Gasteiger partial charge < -0.3 is 0 Å². The van der Waals surface area contributed by atoms with Gasteiger partial charge in [-0.1, -0.05) is 70.2 Å². The Morgan fingerprint density at radius 1 is 1.13 bits per heavy atom. The van der Waals surface area contributed by atoms with Gasteiger partial charge in [-0.3, -0.25) is 0 Å². The Morgan fingerprint density at radius 2 is 1.80 bits per heavy atom. The average molecular weight is 334 g/mol. The highest BCUT2D eigenvalue weighted by atomic mass is 79.9. The summed E-state index contributed by atoms with van der Waals surface area (Å²) in [7, 11) is 0. The van der Waals surface area contributed by atoms with E-state index < -0.39 is 0 Å². The maximum atomic E-state index is 3.61. The molecule has 1 rings (SSSR count). The van der Waals surface area contributed by atoms with Crippen molar-refractivity contribution in [2.24, 2.45) is 0 Å². The van der Waals surface area contributed by atoms with Gasteiger partial charge in [0.25, 0.3) is 0 Å². The fourth-order valence-electron chi connectivity index (χ4n) is 1.71. The molecule has 0 N–H and O–H groups in total. The molecule has 15 heavy (non-hydrogen) atoms. The van der Waals surface area contributed by atoms with Crippen molar-refractivity contribution in [3.63, 3.8) is 0 Å². The summed E-state index contributed by atoms with van der Waals surface area (Å²) in [4.78, 5) is 0. The van der Waals surface area contributed by atoms with Crippen LogP contribution in [0, 0.1) is 0 Å². The molecule has 0 radical (unpaired) electrons. The van der Waals surface area contributed by atoms with Gasteiger partial charge in [-0.15, -0.1) is 0 Å². The van der Waals surface area contributed by atoms with E-state index in [-0.39, 0.29) is 0 Å². The van der Waals surface area contributed by atoms with Gasteiger partial charge in [0.05, 0.1) is 0 Å². The van der Waals surface area contributed by atoms with Crippen molar-refractivity contribution in [3.8, 4) is 0 Å². The molecule has 0 aliphatic carbocycles. The summed E-state index contributed by atoms with van der Waals surface area (Å²) in [5.74, 6) is 0.671. The normalized spacial score (nSPS) is 12.7. The van der Waals surface area contributed by atoms with Gasteiger partial charge in [0.1, 0.15) is 0 Å². The summed E-state index contributed by atoms with van der Waals surface area (Å²) < 4.78 is 1.16. The molecule has 0 fully saturated rings. The van der Waals surface area contributed by atoms with Crippen LogP contribution in [0.1, 0.15) is 44.1 Å². The molecular formula is C13H18Br2. The van der Waals surface area contributed by atoms with Crippen LogP contribution in [0.3, 0.4) is 0 Å². The van der Waals surface area contributed by atoms with Crippen molar-refractivity contribution in [2.45, 2.75) is 38.5 Å². The first kappa shape index (κ1) is 13.2. The Morgan fingerprint density at radius 3 is 2.33 bits per heavy atom. The van der Waals surface area contributed by atoms with Gasteiger partial charge in [0, 0.05) is 9.80 Å². The van der Waals surface area contributed by atoms with Gasteiger partial charge in [-0.25, -0.2) is 0 Å². The average Bonchev–Trinajstić information content (AvgIpc) is 2.26. The second-order valence-corrected chi connectivity index (χ2v) is 5.46. The Balaban J connectivity index is 2.53. The lowest BCUT2D eigenvalue weighted by molar-refractivity contribution is 0.605. The molecule has 0 aliphatic heterocycles. The van der Waals surface area contributed by atoms with E-state index in [9.17, 15) is 0 Å². The number of hydrogen-bond donors (Lipinski definition) is 0. The van der Waals surface area contributed by atoms with Gasteiger partial charge in [-0.05, 0) is 30.0 Å². The maximum absolute atomic E-state index is 3.61. The van der Waals surface area contributed by atoms with Crippen LogP contribution < -0.4 is 0 Å².